The van der Waals surface area contributed by atoms with Crippen LogP contribution in [0.5, 0.6) is 0 Å². The Balaban J connectivity index is 2.00. The summed E-state index contributed by atoms with van der Waals surface area (Å²) in [5.41, 5.74) is -0.108. The van der Waals surface area contributed by atoms with Crippen LogP contribution in [0.4, 0.5) is 0 Å². The van der Waals surface area contributed by atoms with Crippen molar-refractivity contribution in [1.82, 2.24) is 0 Å². The van der Waals surface area contributed by atoms with Crippen molar-refractivity contribution in [2.24, 2.45) is 11.8 Å². The fourth-order valence-electron chi connectivity index (χ4n) is 3.39. The summed E-state index contributed by atoms with van der Waals surface area (Å²) >= 11 is 4.07. The third-order valence-electron chi connectivity index (χ3n) is 4.15. The molecule has 0 aliphatic heterocycles. The summed E-state index contributed by atoms with van der Waals surface area (Å²) in [5, 5.41) is 0. The van der Waals surface area contributed by atoms with E-state index in [4.69, 9.17) is 4.74 Å². The van der Waals surface area contributed by atoms with Gasteiger partial charge in [-0.25, -0.2) is 0 Å². The van der Waals surface area contributed by atoms with Gasteiger partial charge in [0.15, 0.2) is 0 Å². The summed E-state index contributed by atoms with van der Waals surface area (Å²) in [6, 6.07) is 0. The Kier molecular flexibility index (Phi) is 3.29. The minimum absolute atomic E-state index is 0.0561. The van der Waals surface area contributed by atoms with Crippen LogP contribution >= 0.6 is 12.6 Å². The lowest BCUT2D eigenvalue weighted by Crippen LogP contribution is -2.39. The molecular weight excluding hydrogens is 208 g/mol. The Morgan fingerprint density at radius 2 is 2.33 bits per heavy atom. The van der Waals surface area contributed by atoms with Crippen LogP contribution in [0.2, 0.25) is 0 Å². The Labute approximate surface area is 97.2 Å². The highest BCUT2D eigenvalue weighted by atomic mass is 32.1. The van der Waals surface area contributed by atoms with Gasteiger partial charge in [-0.15, -0.1) is 0 Å². The standard InChI is InChI=1S/C12H20O2S/c1-2-12(14-11(13)5-6-15)8-9-3-4-10(12)7-9/h9-10,15H,2-8H2,1H3. The van der Waals surface area contributed by atoms with Gasteiger partial charge in [-0.05, 0) is 43.9 Å². The maximum absolute atomic E-state index is 11.6. The molecule has 0 heterocycles. The minimum Gasteiger partial charge on any atom is -0.459 e. The molecule has 2 saturated carbocycles. The Hall–Kier alpha value is -0.180. The molecule has 86 valence electrons. The molecule has 3 heteroatoms. The van der Waals surface area contributed by atoms with Crippen LogP contribution in [-0.4, -0.2) is 17.3 Å². The molecule has 2 rings (SSSR count). The molecule has 0 radical (unpaired) electrons. The molecule has 3 unspecified atom stereocenters. The molecule has 2 nitrogen and oxygen atoms in total. The second-order valence-electron chi connectivity index (χ2n) is 4.95. The number of hydrogen-bond acceptors (Lipinski definition) is 3. The number of thiol groups is 1. The maximum atomic E-state index is 11.6. The largest absolute Gasteiger partial charge is 0.459 e. The molecule has 0 aromatic carbocycles. The fraction of sp³-hybridized carbons (Fsp3) is 0.917. The van der Waals surface area contributed by atoms with E-state index in [0.717, 1.165) is 18.8 Å². The zero-order valence-corrected chi connectivity index (χ0v) is 10.3. The van der Waals surface area contributed by atoms with Crippen LogP contribution in [0.15, 0.2) is 0 Å². The first-order chi connectivity index (χ1) is 7.20. The number of fused-ring (bicyclic) bond motifs is 2. The number of rotatable bonds is 4. The van der Waals surface area contributed by atoms with Crippen molar-refractivity contribution in [2.45, 2.75) is 51.0 Å². The van der Waals surface area contributed by atoms with E-state index >= 15 is 0 Å². The van der Waals surface area contributed by atoms with E-state index in [1.165, 1.54) is 19.3 Å². The van der Waals surface area contributed by atoms with E-state index in [-0.39, 0.29) is 11.6 Å². The van der Waals surface area contributed by atoms with E-state index in [0.29, 0.717) is 18.1 Å². The van der Waals surface area contributed by atoms with Crippen LogP contribution in [0.3, 0.4) is 0 Å². The summed E-state index contributed by atoms with van der Waals surface area (Å²) in [6.07, 6.45) is 6.41. The van der Waals surface area contributed by atoms with Crippen LogP contribution in [0.25, 0.3) is 0 Å². The number of ether oxygens (including phenoxy) is 1. The summed E-state index contributed by atoms with van der Waals surface area (Å²) in [6.45, 7) is 2.15. The fourth-order valence-corrected chi connectivity index (χ4v) is 3.58. The van der Waals surface area contributed by atoms with Crippen molar-refractivity contribution in [1.29, 1.82) is 0 Å². The quantitative estimate of drug-likeness (QED) is 0.591. The normalized spacial score (nSPS) is 38.3. The van der Waals surface area contributed by atoms with Gasteiger partial charge in [0.25, 0.3) is 0 Å². The smallest absolute Gasteiger partial charge is 0.307 e. The van der Waals surface area contributed by atoms with E-state index in [1.807, 2.05) is 0 Å². The molecule has 2 bridgehead atoms. The minimum atomic E-state index is -0.108. The van der Waals surface area contributed by atoms with Crippen molar-refractivity contribution >= 4 is 18.6 Å². The lowest BCUT2D eigenvalue weighted by molar-refractivity contribution is -0.165. The summed E-state index contributed by atoms with van der Waals surface area (Å²) in [5.74, 6) is 1.99. The Morgan fingerprint density at radius 1 is 1.53 bits per heavy atom. The SMILES string of the molecule is CCC1(OC(=O)CCS)CC2CCC1C2. The zero-order chi connectivity index (χ0) is 10.9. The van der Waals surface area contributed by atoms with Crippen molar-refractivity contribution in [3.8, 4) is 0 Å². The third kappa shape index (κ3) is 2.03. The lowest BCUT2D eigenvalue weighted by Gasteiger charge is -2.36. The Bertz CT molecular complexity index is 254. The number of carbonyl (C=O) groups excluding carboxylic acids is 1. The van der Waals surface area contributed by atoms with Gasteiger partial charge >= 0.3 is 5.97 Å². The first-order valence-corrected chi connectivity index (χ1v) is 6.66. The van der Waals surface area contributed by atoms with Gasteiger partial charge in [-0.1, -0.05) is 6.92 Å². The molecule has 0 spiro atoms. The topological polar surface area (TPSA) is 26.3 Å². The van der Waals surface area contributed by atoms with Gasteiger partial charge in [0.1, 0.15) is 5.60 Å². The van der Waals surface area contributed by atoms with Crippen molar-refractivity contribution in [3.05, 3.63) is 0 Å². The van der Waals surface area contributed by atoms with E-state index < -0.39 is 0 Å². The second kappa shape index (κ2) is 4.36. The average Bonchev–Trinajstić information content (AvgIpc) is 2.78. The zero-order valence-electron chi connectivity index (χ0n) is 9.37. The van der Waals surface area contributed by atoms with Crippen molar-refractivity contribution < 1.29 is 9.53 Å². The molecule has 2 aliphatic rings. The molecule has 3 atom stereocenters. The van der Waals surface area contributed by atoms with Gasteiger partial charge in [0, 0.05) is 5.75 Å². The molecule has 0 saturated heterocycles. The van der Waals surface area contributed by atoms with Gasteiger partial charge in [-0.3, -0.25) is 4.79 Å². The van der Waals surface area contributed by atoms with Gasteiger partial charge < -0.3 is 4.74 Å². The third-order valence-corrected chi connectivity index (χ3v) is 4.37. The first kappa shape index (κ1) is 11.3. The number of carbonyl (C=O) groups is 1. The molecule has 15 heavy (non-hydrogen) atoms. The van der Waals surface area contributed by atoms with E-state index in [9.17, 15) is 4.79 Å². The Morgan fingerprint density at radius 3 is 2.80 bits per heavy atom. The van der Waals surface area contributed by atoms with Gasteiger partial charge in [0.05, 0.1) is 6.42 Å². The lowest BCUT2D eigenvalue weighted by atomic mass is 9.82. The second-order valence-corrected chi connectivity index (χ2v) is 5.39. The van der Waals surface area contributed by atoms with Gasteiger partial charge in [0.2, 0.25) is 0 Å². The van der Waals surface area contributed by atoms with Crippen molar-refractivity contribution in [3.63, 3.8) is 0 Å². The average molecular weight is 228 g/mol. The summed E-state index contributed by atoms with van der Waals surface area (Å²) in [7, 11) is 0. The molecule has 0 amide bonds. The molecule has 0 aromatic heterocycles. The summed E-state index contributed by atoms with van der Waals surface area (Å²) in [4.78, 5) is 11.6. The molecule has 0 aromatic rings. The monoisotopic (exact) mass is 228 g/mol. The predicted octanol–water partition coefficient (Wildman–Crippen LogP) is 2.82. The van der Waals surface area contributed by atoms with Crippen LogP contribution in [0, 0.1) is 11.8 Å². The van der Waals surface area contributed by atoms with Crippen molar-refractivity contribution in [2.75, 3.05) is 5.75 Å². The van der Waals surface area contributed by atoms with E-state index in [1.54, 1.807) is 0 Å². The number of esters is 1. The molecule has 0 N–H and O–H groups in total. The predicted molar refractivity (Wildman–Crippen MR) is 63.0 cm³/mol. The first-order valence-electron chi connectivity index (χ1n) is 6.03. The number of hydrogen-bond donors (Lipinski definition) is 1. The molecule has 2 fully saturated rings. The molecule has 2 aliphatic carbocycles. The van der Waals surface area contributed by atoms with Gasteiger partial charge in [-0.2, -0.15) is 12.6 Å². The molecular formula is C12H20O2S. The highest BCUT2D eigenvalue weighted by Crippen LogP contribution is 2.54. The summed E-state index contributed by atoms with van der Waals surface area (Å²) < 4.78 is 5.73. The van der Waals surface area contributed by atoms with Crippen LogP contribution in [-0.2, 0) is 9.53 Å². The van der Waals surface area contributed by atoms with Crippen LogP contribution < -0.4 is 0 Å². The van der Waals surface area contributed by atoms with E-state index in [2.05, 4.69) is 19.6 Å². The highest BCUT2D eigenvalue weighted by molar-refractivity contribution is 7.80. The maximum Gasteiger partial charge on any atom is 0.307 e. The highest BCUT2D eigenvalue weighted by Gasteiger charge is 2.52. The van der Waals surface area contributed by atoms with Crippen LogP contribution in [0.1, 0.15) is 45.4 Å².